The van der Waals surface area contributed by atoms with E-state index < -0.39 is 0 Å². The summed E-state index contributed by atoms with van der Waals surface area (Å²) >= 11 is 0. The summed E-state index contributed by atoms with van der Waals surface area (Å²) in [6.45, 7) is 4.72. The van der Waals surface area contributed by atoms with Gasteiger partial charge in [-0.15, -0.1) is 0 Å². The van der Waals surface area contributed by atoms with Crippen molar-refractivity contribution in [2.24, 2.45) is 0 Å². The molecule has 3 aliphatic carbocycles. The van der Waals surface area contributed by atoms with Gasteiger partial charge in [0, 0.05) is 45.3 Å². The molecule has 3 nitrogen and oxygen atoms in total. The number of ether oxygens (including phenoxy) is 1. The SMILES string of the molecule is CC1(C)c2ccccc2-c2ccc(N(C3=CC(c4ccccc4)=CC4c5ccc6ccccc6c5OC34)C3C=Cc4c(oc5ccccc45)C3)cc21. The smallest absolute Gasteiger partial charge is 0.149 e. The summed E-state index contributed by atoms with van der Waals surface area (Å²) in [4.78, 5) is 2.56. The Morgan fingerprint density at radius 1 is 0.712 bits per heavy atom. The third-order valence-electron chi connectivity index (χ3n) is 11.9. The molecule has 0 fully saturated rings. The van der Waals surface area contributed by atoms with E-state index in [4.69, 9.17) is 9.15 Å². The van der Waals surface area contributed by atoms with E-state index in [-0.39, 0.29) is 23.5 Å². The Kier molecular flexibility index (Phi) is 6.25. The first kappa shape index (κ1) is 29.6. The van der Waals surface area contributed by atoms with Gasteiger partial charge in [0.15, 0.2) is 0 Å². The molecule has 0 saturated carbocycles. The van der Waals surface area contributed by atoms with E-state index in [9.17, 15) is 0 Å². The normalized spacial score (nSPS) is 20.3. The zero-order valence-electron chi connectivity index (χ0n) is 29.2. The van der Waals surface area contributed by atoms with Gasteiger partial charge in [0.2, 0.25) is 0 Å². The Balaban J connectivity index is 1.12. The van der Waals surface area contributed by atoms with Crippen molar-refractivity contribution in [3.05, 3.63) is 191 Å². The molecule has 0 spiro atoms. The van der Waals surface area contributed by atoms with Gasteiger partial charge in [0.05, 0.1) is 11.7 Å². The summed E-state index contributed by atoms with van der Waals surface area (Å²) in [5.74, 6) is 2.08. The Morgan fingerprint density at radius 3 is 2.38 bits per heavy atom. The second kappa shape index (κ2) is 11.0. The number of rotatable bonds is 4. The molecule has 0 saturated heterocycles. The van der Waals surface area contributed by atoms with E-state index in [0.29, 0.717) is 0 Å². The molecule has 0 bridgehead atoms. The van der Waals surface area contributed by atoms with Crippen LogP contribution >= 0.6 is 0 Å². The maximum Gasteiger partial charge on any atom is 0.149 e. The molecule has 4 aliphatic rings. The van der Waals surface area contributed by atoms with Gasteiger partial charge in [-0.2, -0.15) is 0 Å². The van der Waals surface area contributed by atoms with Gasteiger partial charge in [0.25, 0.3) is 0 Å². The monoisotopic (exact) mass is 671 g/mol. The molecule has 2 heterocycles. The first-order valence-electron chi connectivity index (χ1n) is 18.4. The van der Waals surface area contributed by atoms with Crippen molar-refractivity contribution in [1.82, 2.24) is 0 Å². The van der Waals surface area contributed by atoms with Crippen LogP contribution in [-0.2, 0) is 11.8 Å². The Hall–Kier alpha value is -6.06. The summed E-state index contributed by atoms with van der Waals surface area (Å²) in [5, 5.41) is 3.53. The molecule has 250 valence electrons. The van der Waals surface area contributed by atoms with E-state index in [1.54, 1.807) is 0 Å². The highest BCUT2D eigenvalue weighted by molar-refractivity contribution is 5.93. The topological polar surface area (TPSA) is 25.6 Å². The van der Waals surface area contributed by atoms with Gasteiger partial charge < -0.3 is 14.1 Å². The van der Waals surface area contributed by atoms with Crippen LogP contribution in [0.25, 0.3) is 44.5 Å². The fourth-order valence-corrected chi connectivity index (χ4v) is 9.41. The average Bonchev–Trinajstić information content (AvgIpc) is 3.83. The van der Waals surface area contributed by atoms with Crippen molar-refractivity contribution in [1.29, 1.82) is 0 Å². The van der Waals surface area contributed by atoms with E-state index in [1.165, 1.54) is 55.3 Å². The summed E-state index contributed by atoms with van der Waals surface area (Å²) in [5.41, 5.74) is 13.4. The Labute approximate surface area is 303 Å². The number of hydrogen-bond acceptors (Lipinski definition) is 3. The summed E-state index contributed by atoms with van der Waals surface area (Å²) < 4.78 is 13.8. The minimum absolute atomic E-state index is 0.00378. The molecule has 6 aromatic carbocycles. The molecule has 3 heteroatoms. The maximum absolute atomic E-state index is 7.21. The van der Waals surface area contributed by atoms with Crippen molar-refractivity contribution in [2.45, 2.75) is 43.7 Å². The van der Waals surface area contributed by atoms with Gasteiger partial charge in [-0.1, -0.05) is 147 Å². The molecule has 11 rings (SSSR count). The van der Waals surface area contributed by atoms with Gasteiger partial charge in [-0.25, -0.2) is 0 Å². The first-order chi connectivity index (χ1) is 25.5. The lowest BCUT2D eigenvalue weighted by Crippen LogP contribution is -2.43. The Morgan fingerprint density at radius 2 is 1.48 bits per heavy atom. The van der Waals surface area contributed by atoms with Gasteiger partial charge >= 0.3 is 0 Å². The standard InChI is InChI=1S/C49H37NO2/c1-49(2)42-18-10-8-16-36(42)37-24-21-33(28-43(37)49)50(34-22-25-39-38-17-9-11-19-45(38)51-46(39)29-34)44-27-32(30-12-4-3-5-13-30)26-41-40-23-20-31-14-6-7-15-35(31)47(40)52-48(41)44/h3-28,34,41,48H,29H2,1-2H3. The highest BCUT2D eigenvalue weighted by Crippen LogP contribution is 2.53. The quantitative estimate of drug-likeness (QED) is 0.186. The number of allylic oxidation sites excluding steroid dienone is 2. The zero-order chi connectivity index (χ0) is 34.6. The molecular weight excluding hydrogens is 635 g/mol. The van der Waals surface area contributed by atoms with Crippen molar-refractivity contribution in [3.63, 3.8) is 0 Å². The van der Waals surface area contributed by atoms with Crippen molar-refractivity contribution < 1.29 is 9.15 Å². The van der Waals surface area contributed by atoms with Gasteiger partial charge in [0.1, 0.15) is 23.2 Å². The third-order valence-corrected chi connectivity index (χ3v) is 11.9. The molecule has 1 aliphatic heterocycles. The lowest BCUT2D eigenvalue weighted by atomic mass is 9.81. The lowest BCUT2D eigenvalue weighted by molar-refractivity contribution is 0.252. The number of furan rings is 1. The molecule has 0 N–H and O–H groups in total. The molecule has 0 radical (unpaired) electrons. The van der Waals surface area contributed by atoms with Crippen LogP contribution in [0.5, 0.6) is 5.75 Å². The van der Waals surface area contributed by atoms with Crippen LogP contribution < -0.4 is 9.64 Å². The molecule has 3 unspecified atom stereocenters. The van der Waals surface area contributed by atoms with Crippen LogP contribution in [0.2, 0.25) is 0 Å². The van der Waals surface area contributed by atoms with Crippen LogP contribution in [0.15, 0.2) is 162 Å². The second-order valence-electron chi connectivity index (χ2n) is 15.2. The van der Waals surface area contributed by atoms with Crippen LogP contribution in [-0.4, -0.2) is 12.1 Å². The molecule has 7 aromatic rings. The van der Waals surface area contributed by atoms with E-state index in [0.717, 1.165) is 40.3 Å². The maximum atomic E-state index is 7.21. The minimum atomic E-state index is -0.197. The fraction of sp³-hybridized carbons (Fsp3) is 0.143. The highest BCUT2D eigenvalue weighted by atomic mass is 16.5. The molecule has 3 atom stereocenters. The van der Waals surface area contributed by atoms with Crippen molar-refractivity contribution >= 4 is 39.1 Å². The van der Waals surface area contributed by atoms with Crippen molar-refractivity contribution in [2.75, 3.05) is 4.90 Å². The zero-order valence-corrected chi connectivity index (χ0v) is 29.2. The number of hydrogen-bond donors (Lipinski definition) is 0. The minimum Gasteiger partial charge on any atom is -0.482 e. The largest absolute Gasteiger partial charge is 0.482 e. The number of benzene rings is 6. The van der Waals surface area contributed by atoms with Crippen molar-refractivity contribution in [3.8, 4) is 16.9 Å². The van der Waals surface area contributed by atoms with Crippen LogP contribution in [0.3, 0.4) is 0 Å². The predicted molar refractivity (Wildman–Crippen MR) is 213 cm³/mol. The number of nitrogens with zero attached hydrogens (tertiary/aromatic N) is 1. The number of para-hydroxylation sites is 1. The van der Waals surface area contributed by atoms with E-state index in [1.807, 2.05) is 0 Å². The van der Waals surface area contributed by atoms with Crippen LogP contribution in [0, 0.1) is 0 Å². The van der Waals surface area contributed by atoms with Crippen LogP contribution in [0.4, 0.5) is 5.69 Å². The third kappa shape index (κ3) is 4.26. The molecule has 52 heavy (non-hydrogen) atoms. The Bertz CT molecular complexity index is 2690. The molecule has 0 amide bonds. The lowest BCUT2D eigenvalue weighted by Gasteiger charge is -2.40. The first-order valence-corrected chi connectivity index (χ1v) is 18.4. The summed E-state index contributed by atoms with van der Waals surface area (Å²) in [7, 11) is 0. The average molecular weight is 672 g/mol. The number of fused-ring (bicyclic) bond motifs is 11. The molecular formula is C49H37NO2. The summed E-state index contributed by atoms with van der Waals surface area (Å²) in [6.07, 6.45) is 10.0. The van der Waals surface area contributed by atoms with Crippen LogP contribution in [0.1, 0.15) is 53.3 Å². The predicted octanol–water partition coefficient (Wildman–Crippen LogP) is 11.9. The second-order valence-corrected chi connectivity index (χ2v) is 15.2. The fourth-order valence-electron chi connectivity index (χ4n) is 9.41. The number of anilines is 1. The van der Waals surface area contributed by atoms with Gasteiger partial charge in [-0.05, 0) is 63.1 Å². The summed E-state index contributed by atoms with van der Waals surface area (Å²) in [6, 6.07) is 48.3. The molecule has 1 aromatic heterocycles. The van der Waals surface area contributed by atoms with Gasteiger partial charge in [-0.3, -0.25) is 0 Å². The highest BCUT2D eigenvalue weighted by Gasteiger charge is 2.44. The van der Waals surface area contributed by atoms with E-state index in [2.05, 4.69) is 177 Å². The van der Waals surface area contributed by atoms with E-state index >= 15 is 0 Å².